The fourth-order valence-corrected chi connectivity index (χ4v) is 1.84. The number of alkyl halides is 3. The third-order valence-corrected chi connectivity index (χ3v) is 3.05. The highest BCUT2D eigenvalue weighted by molar-refractivity contribution is 6.02. The van der Waals surface area contributed by atoms with Crippen LogP contribution in [-0.4, -0.2) is 17.4 Å². The van der Waals surface area contributed by atoms with Gasteiger partial charge in [0, 0.05) is 12.2 Å². The molecule has 0 fully saturated rings. The Morgan fingerprint density at radius 1 is 1.09 bits per heavy atom. The molecule has 1 aromatic carbocycles. The number of aromatic nitrogens is 1. The summed E-state index contributed by atoms with van der Waals surface area (Å²) in [4.78, 5) is 16.0. The molecule has 0 aliphatic carbocycles. The fraction of sp³-hybridized carbons (Fsp3) is 0.250. The van der Waals surface area contributed by atoms with Gasteiger partial charge in [-0.1, -0.05) is 6.92 Å². The first-order chi connectivity index (χ1) is 10.9. The standard InChI is InChI=1S/C16H16F3N3O/c1-2-9-20-13-7-8-14(21-10-13)15(23)22-12-5-3-11(4-6-12)16(17,18)19/h3-8,10,20H,2,9H2,1H3,(H,22,23). The monoisotopic (exact) mass is 323 g/mol. The van der Waals surface area contributed by atoms with E-state index < -0.39 is 17.6 Å². The van der Waals surface area contributed by atoms with Gasteiger partial charge in [0.1, 0.15) is 5.69 Å². The van der Waals surface area contributed by atoms with Gasteiger partial charge in [-0.25, -0.2) is 4.98 Å². The molecule has 0 saturated heterocycles. The number of hydrogen-bond donors (Lipinski definition) is 2. The number of anilines is 2. The summed E-state index contributed by atoms with van der Waals surface area (Å²) in [6, 6.07) is 7.53. The zero-order valence-corrected chi connectivity index (χ0v) is 12.4. The van der Waals surface area contributed by atoms with Crippen molar-refractivity contribution in [2.75, 3.05) is 17.2 Å². The van der Waals surface area contributed by atoms with Gasteiger partial charge < -0.3 is 10.6 Å². The number of hydrogen-bond acceptors (Lipinski definition) is 3. The molecule has 2 rings (SSSR count). The van der Waals surface area contributed by atoms with Gasteiger partial charge in [-0.15, -0.1) is 0 Å². The number of halogens is 3. The highest BCUT2D eigenvalue weighted by atomic mass is 19.4. The summed E-state index contributed by atoms with van der Waals surface area (Å²) in [5.41, 5.74) is 0.503. The van der Waals surface area contributed by atoms with E-state index in [0.717, 1.165) is 30.8 Å². The number of rotatable bonds is 5. The van der Waals surface area contributed by atoms with E-state index in [9.17, 15) is 18.0 Å². The van der Waals surface area contributed by atoms with E-state index in [1.165, 1.54) is 18.3 Å². The van der Waals surface area contributed by atoms with Crippen LogP contribution in [0.3, 0.4) is 0 Å². The summed E-state index contributed by atoms with van der Waals surface area (Å²) >= 11 is 0. The lowest BCUT2D eigenvalue weighted by molar-refractivity contribution is -0.137. The van der Waals surface area contributed by atoms with E-state index in [-0.39, 0.29) is 11.4 Å². The van der Waals surface area contributed by atoms with Crippen LogP contribution in [0.2, 0.25) is 0 Å². The number of amides is 1. The summed E-state index contributed by atoms with van der Waals surface area (Å²) in [6.45, 7) is 2.84. The minimum atomic E-state index is -4.40. The Kier molecular flexibility index (Phi) is 5.20. The van der Waals surface area contributed by atoms with Crippen molar-refractivity contribution in [2.45, 2.75) is 19.5 Å². The van der Waals surface area contributed by atoms with Crippen LogP contribution < -0.4 is 10.6 Å². The third-order valence-electron chi connectivity index (χ3n) is 3.05. The SMILES string of the molecule is CCCNc1ccc(C(=O)Nc2ccc(C(F)(F)F)cc2)nc1. The lowest BCUT2D eigenvalue weighted by atomic mass is 10.2. The first-order valence-electron chi connectivity index (χ1n) is 7.08. The van der Waals surface area contributed by atoms with Crippen molar-refractivity contribution in [3.05, 3.63) is 53.9 Å². The molecule has 0 unspecified atom stereocenters. The van der Waals surface area contributed by atoms with E-state index in [4.69, 9.17) is 0 Å². The van der Waals surface area contributed by atoms with Crippen molar-refractivity contribution in [1.29, 1.82) is 0 Å². The van der Waals surface area contributed by atoms with Crippen molar-refractivity contribution in [3.63, 3.8) is 0 Å². The van der Waals surface area contributed by atoms with Crippen molar-refractivity contribution in [3.8, 4) is 0 Å². The largest absolute Gasteiger partial charge is 0.416 e. The number of carbonyl (C=O) groups excluding carboxylic acids is 1. The highest BCUT2D eigenvalue weighted by Crippen LogP contribution is 2.29. The quantitative estimate of drug-likeness (QED) is 0.868. The summed E-state index contributed by atoms with van der Waals surface area (Å²) < 4.78 is 37.4. The molecule has 2 N–H and O–H groups in total. The van der Waals surface area contributed by atoms with Gasteiger partial charge in [-0.05, 0) is 42.8 Å². The second-order valence-electron chi connectivity index (χ2n) is 4.89. The van der Waals surface area contributed by atoms with Crippen molar-refractivity contribution < 1.29 is 18.0 Å². The Balaban J connectivity index is 2.01. The Bertz CT molecular complexity index is 652. The molecule has 0 radical (unpaired) electrons. The smallest absolute Gasteiger partial charge is 0.384 e. The average molecular weight is 323 g/mol. The molecule has 122 valence electrons. The number of nitrogens with one attached hydrogen (secondary N) is 2. The van der Waals surface area contributed by atoms with Crippen LogP contribution in [0.25, 0.3) is 0 Å². The summed E-state index contributed by atoms with van der Waals surface area (Å²) in [7, 11) is 0. The molecule has 0 atom stereocenters. The minimum Gasteiger partial charge on any atom is -0.384 e. The maximum atomic E-state index is 12.5. The van der Waals surface area contributed by atoms with Crippen LogP contribution in [-0.2, 0) is 6.18 Å². The summed E-state index contributed by atoms with van der Waals surface area (Å²) in [5, 5.41) is 5.64. The van der Waals surface area contributed by atoms with E-state index >= 15 is 0 Å². The zero-order valence-electron chi connectivity index (χ0n) is 12.4. The molecule has 0 bridgehead atoms. The third kappa shape index (κ3) is 4.70. The number of carbonyl (C=O) groups is 1. The molecule has 0 aliphatic rings. The van der Waals surface area contributed by atoms with Crippen molar-refractivity contribution in [1.82, 2.24) is 4.98 Å². The first-order valence-corrected chi connectivity index (χ1v) is 7.08. The Hall–Kier alpha value is -2.57. The number of nitrogens with zero attached hydrogens (tertiary/aromatic N) is 1. The molecule has 7 heteroatoms. The number of pyridine rings is 1. The van der Waals surface area contributed by atoms with E-state index in [0.29, 0.717) is 0 Å². The second-order valence-corrected chi connectivity index (χ2v) is 4.89. The normalized spacial score (nSPS) is 11.1. The van der Waals surface area contributed by atoms with Gasteiger partial charge in [0.25, 0.3) is 5.91 Å². The lowest BCUT2D eigenvalue weighted by Gasteiger charge is -2.09. The molecule has 23 heavy (non-hydrogen) atoms. The van der Waals surface area contributed by atoms with Gasteiger partial charge >= 0.3 is 6.18 Å². The van der Waals surface area contributed by atoms with Crippen LogP contribution in [0.1, 0.15) is 29.4 Å². The van der Waals surface area contributed by atoms with Crippen molar-refractivity contribution in [2.24, 2.45) is 0 Å². The average Bonchev–Trinajstić information content (AvgIpc) is 2.53. The topological polar surface area (TPSA) is 54.0 Å². The first kappa shape index (κ1) is 16.8. The molecule has 2 aromatic rings. The predicted molar refractivity (Wildman–Crippen MR) is 82.4 cm³/mol. The van der Waals surface area contributed by atoms with Crippen molar-refractivity contribution >= 4 is 17.3 Å². The molecule has 1 amide bonds. The molecular formula is C16H16F3N3O. The molecule has 4 nitrogen and oxygen atoms in total. The molecular weight excluding hydrogens is 307 g/mol. The molecule has 0 saturated carbocycles. The molecule has 1 aromatic heterocycles. The van der Waals surface area contributed by atoms with Gasteiger partial charge in [-0.3, -0.25) is 4.79 Å². The van der Waals surface area contributed by atoms with Crippen LogP contribution in [0.5, 0.6) is 0 Å². The second kappa shape index (κ2) is 7.13. The summed E-state index contributed by atoms with van der Waals surface area (Å²) in [6.07, 6.45) is -1.89. The zero-order chi connectivity index (χ0) is 16.9. The molecule has 1 heterocycles. The Labute approximate surface area is 131 Å². The maximum absolute atomic E-state index is 12.5. The van der Waals surface area contributed by atoms with Crippen LogP contribution >= 0.6 is 0 Å². The summed E-state index contributed by atoms with van der Waals surface area (Å²) in [5.74, 6) is -0.480. The Morgan fingerprint density at radius 2 is 1.74 bits per heavy atom. The van der Waals surface area contributed by atoms with Gasteiger partial charge in [-0.2, -0.15) is 13.2 Å². The molecule has 0 aliphatic heterocycles. The lowest BCUT2D eigenvalue weighted by Crippen LogP contribution is -2.14. The van der Waals surface area contributed by atoms with Gasteiger partial charge in [0.2, 0.25) is 0 Å². The van der Waals surface area contributed by atoms with Crippen LogP contribution in [0.4, 0.5) is 24.5 Å². The van der Waals surface area contributed by atoms with Gasteiger partial charge in [0.15, 0.2) is 0 Å². The van der Waals surface area contributed by atoms with Crippen LogP contribution in [0.15, 0.2) is 42.6 Å². The van der Waals surface area contributed by atoms with Crippen LogP contribution in [0, 0.1) is 0 Å². The van der Waals surface area contributed by atoms with Gasteiger partial charge in [0.05, 0.1) is 17.4 Å². The van der Waals surface area contributed by atoms with E-state index in [1.807, 2.05) is 6.92 Å². The highest BCUT2D eigenvalue weighted by Gasteiger charge is 2.29. The fourth-order valence-electron chi connectivity index (χ4n) is 1.84. The van der Waals surface area contributed by atoms with E-state index in [2.05, 4.69) is 15.6 Å². The predicted octanol–water partition coefficient (Wildman–Crippen LogP) is 4.17. The maximum Gasteiger partial charge on any atom is 0.416 e. The molecule has 0 spiro atoms. The van der Waals surface area contributed by atoms with E-state index in [1.54, 1.807) is 12.1 Å². The number of benzene rings is 1. The Morgan fingerprint density at radius 3 is 2.26 bits per heavy atom. The minimum absolute atomic E-state index is 0.187.